The van der Waals surface area contributed by atoms with Crippen LogP contribution in [0.25, 0.3) is 10.9 Å². The van der Waals surface area contributed by atoms with Crippen molar-refractivity contribution in [3.63, 3.8) is 0 Å². The van der Waals surface area contributed by atoms with Gasteiger partial charge in [0.1, 0.15) is 11.5 Å². The summed E-state index contributed by atoms with van der Waals surface area (Å²) < 4.78 is 13.5. The normalized spacial score (nSPS) is 15.2. The van der Waals surface area contributed by atoms with Crippen LogP contribution in [0, 0.1) is 0 Å². The van der Waals surface area contributed by atoms with E-state index in [1.54, 1.807) is 6.20 Å². The number of aryl methyl sites for hydroxylation is 2. The van der Waals surface area contributed by atoms with Crippen LogP contribution in [-0.4, -0.2) is 39.1 Å². The molecule has 6 rings (SSSR count). The molecule has 1 aliphatic heterocycles. The molecule has 0 radical (unpaired) electrons. The van der Waals surface area contributed by atoms with E-state index >= 15 is 0 Å². The number of aromatic nitrogens is 3. The number of hydrogen-bond acceptors (Lipinski definition) is 5. The number of benzene rings is 2. The predicted octanol–water partition coefficient (Wildman–Crippen LogP) is 4.93. The summed E-state index contributed by atoms with van der Waals surface area (Å²) in [5.74, 6) is 0.783. The summed E-state index contributed by atoms with van der Waals surface area (Å²) in [5, 5.41) is 15.1. The summed E-state index contributed by atoms with van der Waals surface area (Å²) in [5.41, 5.74) is 6.62. The average Bonchev–Trinajstić information content (AvgIpc) is 3.53. The van der Waals surface area contributed by atoms with E-state index in [0.29, 0.717) is 13.2 Å². The fraction of sp³-hybridized carbons (Fsp3) is 0.345. The first kappa shape index (κ1) is 22.6. The highest BCUT2D eigenvalue weighted by molar-refractivity contribution is 5.81. The Bertz CT molecular complexity index is 1430. The highest BCUT2D eigenvalue weighted by atomic mass is 16.5. The maximum absolute atomic E-state index is 11.7. The second-order valence-electron chi connectivity index (χ2n) is 9.60. The minimum absolute atomic E-state index is 0.0531. The maximum Gasteiger partial charge on any atom is 0.305 e. The number of rotatable bonds is 8. The van der Waals surface area contributed by atoms with Crippen molar-refractivity contribution in [1.82, 2.24) is 14.8 Å². The van der Waals surface area contributed by atoms with E-state index in [1.165, 1.54) is 24.1 Å². The lowest BCUT2D eigenvalue weighted by atomic mass is 9.96. The van der Waals surface area contributed by atoms with Crippen molar-refractivity contribution in [3.8, 4) is 11.5 Å². The molecule has 0 bridgehead atoms. The molecule has 1 atom stereocenters. The van der Waals surface area contributed by atoms with Crippen LogP contribution in [-0.2, 0) is 30.5 Å². The molecule has 2 aromatic heterocycles. The minimum atomic E-state index is -0.865. The molecule has 0 amide bonds. The fourth-order valence-corrected chi connectivity index (χ4v) is 5.33. The average molecular weight is 484 g/mol. The molecule has 1 N–H and O–H groups in total. The van der Waals surface area contributed by atoms with Gasteiger partial charge >= 0.3 is 5.97 Å². The van der Waals surface area contributed by atoms with Crippen LogP contribution < -0.4 is 9.47 Å². The lowest BCUT2D eigenvalue weighted by molar-refractivity contribution is -0.137. The van der Waals surface area contributed by atoms with Crippen molar-refractivity contribution in [1.29, 1.82) is 0 Å². The summed E-state index contributed by atoms with van der Waals surface area (Å²) in [6.07, 6.45) is 8.02. The number of hydrogen-bond donors (Lipinski definition) is 1. The van der Waals surface area contributed by atoms with E-state index in [4.69, 9.17) is 14.5 Å². The Labute approximate surface area is 209 Å². The van der Waals surface area contributed by atoms with Gasteiger partial charge in [-0.1, -0.05) is 12.1 Å². The summed E-state index contributed by atoms with van der Waals surface area (Å²) in [6, 6.07) is 15.7. The van der Waals surface area contributed by atoms with Crippen molar-refractivity contribution >= 4 is 16.9 Å². The third-order valence-corrected chi connectivity index (χ3v) is 7.19. The third-order valence-electron chi connectivity index (χ3n) is 7.19. The number of aliphatic carboxylic acids is 1. The Morgan fingerprint density at radius 2 is 1.97 bits per heavy atom. The summed E-state index contributed by atoms with van der Waals surface area (Å²) in [6.45, 7) is 1.21. The molecule has 3 heterocycles. The minimum Gasteiger partial charge on any atom is -0.493 e. The standard InChI is InChI=1S/C29H29N3O4/c33-29(34)17-27(20-6-10-28-21(15-20)11-13-36-28)32-26-9-8-24(16-22(26)18-30-32)35-14-12-23-7-5-19-3-1-2-4-25(19)31-23/h5-10,15-16,18,27H,1-4,11-14,17H2,(H,33,34). The van der Waals surface area contributed by atoms with E-state index in [1.807, 2.05) is 35.0 Å². The summed E-state index contributed by atoms with van der Waals surface area (Å²) in [4.78, 5) is 16.6. The molecule has 0 saturated heterocycles. The zero-order valence-corrected chi connectivity index (χ0v) is 20.2. The van der Waals surface area contributed by atoms with Crippen LogP contribution in [0.3, 0.4) is 0 Å². The van der Waals surface area contributed by atoms with Gasteiger partial charge in [-0.25, -0.2) is 0 Å². The number of pyridine rings is 1. The maximum atomic E-state index is 11.7. The number of fused-ring (bicyclic) bond motifs is 3. The molecule has 2 aliphatic rings. The van der Waals surface area contributed by atoms with E-state index in [0.717, 1.165) is 64.9 Å². The first-order chi connectivity index (χ1) is 17.6. The largest absolute Gasteiger partial charge is 0.493 e. The molecular weight excluding hydrogens is 454 g/mol. The lowest BCUT2D eigenvalue weighted by Gasteiger charge is -2.18. The van der Waals surface area contributed by atoms with Crippen LogP contribution in [0.1, 0.15) is 53.4 Å². The van der Waals surface area contributed by atoms with Crippen LogP contribution in [0.2, 0.25) is 0 Å². The molecule has 1 unspecified atom stereocenters. The van der Waals surface area contributed by atoms with Crippen LogP contribution in [0.5, 0.6) is 11.5 Å². The van der Waals surface area contributed by atoms with Gasteiger partial charge in [-0.2, -0.15) is 5.10 Å². The molecule has 2 aromatic carbocycles. The van der Waals surface area contributed by atoms with Gasteiger partial charge in [-0.3, -0.25) is 14.5 Å². The van der Waals surface area contributed by atoms with Crippen LogP contribution in [0.4, 0.5) is 0 Å². The van der Waals surface area contributed by atoms with Gasteiger partial charge in [0.05, 0.1) is 37.4 Å². The van der Waals surface area contributed by atoms with E-state index in [9.17, 15) is 9.90 Å². The zero-order valence-electron chi connectivity index (χ0n) is 20.2. The van der Waals surface area contributed by atoms with Gasteiger partial charge in [-0.05, 0) is 78.8 Å². The van der Waals surface area contributed by atoms with Gasteiger partial charge in [-0.15, -0.1) is 0 Å². The first-order valence-electron chi connectivity index (χ1n) is 12.7. The smallest absolute Gasteiger partial charge is 0.305 e. The van der Waals surface area contributed by atoms with Crippen LogP contribution in [0.15, 0.2) is 54.7 Å². The molecule has 7 nitrogen and oxygen atoms in total. The fourth-order valence-electron chi connectivity index (χ4n) is 5.33. The van der Waals surface area contributed by atoms with Crippen LogP contribution >= 0.6 is 0 Å². The second-order valence-corrected chi connectivity index (χ2v) is 9.60. The number of ether oxygens (including phenoxy) is 2. The van der Waals surface area contributed by atoms with Gasteiger partial charge in [0, 0.05) is 29.6 Å². The van der Waals surface area contributed by atoms with Crippen molar-refractivity contribution in [2.24, 2.45) is 0 Å². The Morgan fingerprint density at radius 3 is 2.89 bits per heavy atom. The molecule has 0 fully saturated rings. The topological polar surface area (TPSA) is 86.5 Å². The Hall–Kier alpha value is -3.87. The predicted molar refractivity (Wildman–Crippen MR) is 136 cm³/mol. The van der Waals surface area contributed by atoms with Crippen molar-refractivity contribution in [2.75, 3.05) is 13.2 Å². The molecule has 0 spiro atoms. The zero-order chi connectivity index (χ0) is 24.5. The summed E-state index contributed by atoms with van der Waals surface area (Å²) in [7, 11) is 0. The molecule has 36 heavy (non-hydrogen) atoms. The van der Waals surface area contributed by atoms with E-state index in [-0.39, 0.29) is 6.42 Å². The van der Waals surface area contributed by atoms with Crippen molar-refractivity contribution in [2.45, 2.75) is 51.0 Å². The Kier molecular flexibility index (Phi) is 6.05. The summed E-state index contributed by atoms with van der Waals surface area (Å²) >= 11 is 0. The number of carboxylic acids is 1. The molecule has 184 valence electrons. The molecule has 0 saturated carbocycles. The number of nitrogens with zero attached hydrogens (tertiary/aromatic N) is 3. The Morgan fingerprint density at radius 1 is 1.06 bits per heavy atom. The van der Waals surface area contributed by atoms with E-state index < -0.39 is 12.0 Å². The Balaban J connectivity index is 1.19. The van der Waals surface area contributed by atoms with Gasteiger partial charge in [0.15, 0.2) is 0 Å². The van der Waals surface area contributed by atoms with Gasteiger partial charge in [0.2, 0.25) is 0 Å². The number of carboxylic acid groups (broad SMARTS) is 1. The van der Waals surface area contributed by atoms with Crippen molar-refractivity contribution < 1.29 is 19.4 Å². The highest BCUT2D eigenvalue weighted by Gasteiger charge is 2.23. The SMILES string of the molecule is O=C(O)CC(c1ccc2c(c1)CCO2)n1ncc2cc(OCCc3ccc4c(n3)CCCC4)ccc21. The quantitative estimate of drug-likeness (QED) is 0.382. The molecule has 1 aliphatic carbocycles. The lowest BCUT2D eigenvalue weighted by Crippen LogP contribution is -2.16. The second kappa shape index (κ2) is 9.64. The molecule has 4 aromatic rings. The van der Waals surface area contributed by atoms with E-state index in [2.05, 4.69) is 23.3 Å². The van der Waals surface area contributed by atoms with Crippen molar-refractivity contribution in [3.05, 3.63) is 82.8 Å². The molecular formula is C29H29N3O4. The first-order valence-corrected chi connectivity index (χ1v) is 12.7. The molecule has 7 heteroatoms. The number of carbonyl (C=O) groups is 1. The monoisotopic (exact) mass is 483 g/mol. The highest BCUT2D eigenvalue weighted by Crippen LogP contribution is 2.33. The van der Waals surface area contributed by atoms with Gasteiger partial charge < -0.3 is 14.6 Å². The van der Waals surface area contributed by atoms with Gasteiger partial charge in [0.25, 0.3) is 0 Å². The third kappa shape index (κ3) is 4.53.